The highest BCUT2D eigenvalue weighted by Gasteiger charge is 2.26. The highest BCUT2D eigenvalue weighted by Crippen LogP contribution is 2.41. The van der Waals surface area contributed by atoms with E-state index in [0.717, 1.165) is 28.1 Å². The average Bonchev–Trinajstić information content (AvgIpc) is 2.46. The molecule has 0 aliphatic carbocycles. The number of hydrogen-bond acceptors (Lipinski definition) is 3. The Kier molecular flexibility index (Phi) is 6.55. The van der Waals surface area contributed by atoms with Crippen molar-refractivity contribution in [2.45, 2.75) is 59.0 Å². The van der Waals surface area contributed by atoms with E-state index in [4.69, 9.17) is 0 Å². The normalized spacial score (nSPS) is 11.8. The van der Waals surface area contributed by atoms with Gasteiger partial charge in [0.05, 0.1) is 6.61 Å². The van der Waals surface area contributed by atoms with Crippen LogP contribution in [0.4, 0.5) is 11.4 Å². The molecule has 0 aromatic heterocycles. The molecule has 3 N–H and O–H groups in total. The van der Waals surface area contributed by atoms with Gasteiger partial charge in [-0.25, -0.2) is 0 Å². The lowest BCUT2D eigenvalue weighted by molar-refractivity contribution is 0.282. The molecular formula is C21H30ClNO2. The van der Waals surface area contributed by atoms with Crippen molar-refractivity contribution >= 4 is 23.8 Å². The summed E-state index contributed by atoms with van der Waals surface area (Å²) in [5.74, 6) is 0.379. The maximum Gasteiger partial charge on any atom is 0.123 e. The summed E-state index contributed by atoms with van der Waals surface area (Å²) in [6, 6.07) is 11.7. The molecule has 0 saturated carbocycles. The number of benzene rings is 2. The first kappa shape index (κ1) is 21.3. The molecule has 2 aromatic rings. The number of aliphatic hydroxyl groups is 1. The molecule has 0 saturated heterocycles. The largest absolute Gasteiger partial charge is 0.507 e. The first-order chi connectivity index (χ1) is 11.0. The molecular weight excluding hydrogens is 334 g/mol. The zero-order chi connectivity index (χ0) is 18.1. The summed E-state index contributed by atoms with van der Waals surface area (Å²) in [6.07, 6.45) is 0. The second-order valence-corrected chi connectivity index (χ2v) is 8.40. The van der Waals surface area contributed by atoms with E-state index in [9.17, 15) is 10.2 Å². The molecule has 0 spiro atoms. The fourth-order valence-electron chi connectivity index (χ4n) is 2.76. The fraction of sp³-hybridized carbons (Fsp3) is 0.429. The average molecular weight is 364 g/mol. The molecule has 0 atom stereocenters. The van der Waals surface area contributed by atoms with Crippen molar-refractivity contribution in [3.63, 3.8) is 0 Å². The van der Waals surface area contributed by atoms with E-state index >= 15 is 0 Å². The minimum atomic E-state index is -0.158. The van der Waals surface area contributed by atoms with Crippen molar-refractivity contribution < 1.29 is 10.2 Å². The Morgan fingerprint density at radius 3 is 1.80 bits per heavy atom. The van der Waals surface area contributed by atoms with E-state index in [1.807, 2.05) is 36.4 Å². The predicted molar refractivity (Wildman–Crippen MR) is 108 cm³/mol. The van der Waals surface area contributed by atoms with Gasteiger partial charge in [-0.1, -0.05) is 53.7 Å². The van der Waals surface area contributed by atoms with Gasteiger partial charge in [-0.3, -0.25) is 0 Å². The van der Waals surface area contributed by atoms with Crippen molar-refractivity contribution in [1.29, 1.82) is 0 Å². The van der Waals surface area contributed by atoms with E-state index in [2.05, 4.69) is 46.9 Å². The van der Waals surface area contributed by atoms with Crippen molar-refractivity contribution in [2.24, 2.45) is 0 Å². The number of anilines is 2. The number of halogens is 1. The molecule has 0 aliphatic rings. The van der Waals surface area contributed by atoms with Gasteiger partial charge in [0.15, 0.2) is 0 Å². The summed E-state index contributed by atoms with van der Waals surface area (Å²) in [6.45, 7) is 12.6. The Balaban J connectivity index is 0.00000312. The summed E-state index contributed by atoms with van der Waals surface area (Å²) in [7, 11) is 0. The van der Waals surface area contributed by atoms with E-state index in [1.54, 1.807) is 0 Å². The molecule has 0 aliphatic heterocycles. The van der Waals surface area contributed by atoms with Crippen LogP contribution in [0.15, 0.2) is 36.4 Å². The van der Waals surface area contributed by atoms with Gasteiger partial charge in [0.25, 0.3) is 0 Å². The van der Waals surface area contributed by atoms with Crippen molar-refractivity contribution in [3.05, 3.63) is 53.1 Å². The first-order valence-corrected chi connectivity index (χ1v) is 8.37. The summed E-state index contributed by atoms with van der Waals surface area (Å²) < 4.78 is 0. The topological polar surface area (TPSA) is 52.5 Å². The molecule has 2 aromatic carbocycles. The number of phenolic OH excluding ortho intramolecular Hbond substituents is 1. The Labute approximate surface area is 157 Å². The lowest BCUT2D eigenvalue weighted by atomic mass is 9.79. The number of aromatic hydroxyl groups is 1. The SMILES string of the molecule is CC(C)(C)c1cc(Nc2cccc(CO)c2)cc(C(C)(C)C)c1O.Cl. The smallest absolute Gasteiger partial charge is 0.123 e. The molecule has 25 heavy (non-hydrogen) atoms. The lowest BCUT2D eigenvalue weighted by Crippen LogP contribution is -2.17. The van der Waals surface area contributed by atoms with Gasteiger partial charge < -0.3 is 15.5 Å². The molecule has 3 nitrogen and oxygen atoms in total. The third-order valence-electron chi connectivity index (χ3n) is 4.12. The number of aliphatic hydroxyl groups excluding tert-OH is 1. The molecule has 2 rings (SSSR count). The highest BCUT2D eigenvalue weighted by atomic mass is 35.5. The van der Waals surface area contributed by atoms with Crippen LogP contribution in [-0.4, -0.2) is 10.2 Å². The Bertz CT molecular complexity index is 692. The fourth-order valence-corrected chi connectivity index (χ4v) is 2.76. The third-order valence-corrected chi connectivity index (χ3v) is 4.12. The Morgan fingerprint density at radius 2 is 1.36 bits per heavy atom. The maximum absolute atomic E-state index is 10.8. The molecule has 0 heterocycles. The van der Waals surface area contributed by atoms with Crippen LogP contribution in [0.3, 0.4) is 0 Å². The van der Waals surface area contributed by atoms with E-state index < -0.39 is 0 Å². The van der Waals surface area contributed by atoms with E-state index in [0.29, 0.717) is 5.75 Å². The Hall–Kier alpha value is -1.71. The van der Waals surface area contributed by atoms with Crippen LogP contribution in [0.25, 0.3) is 0 Å². The van der Waals surface area contributed by atoms with Crippen molar-refractivity contribution in [3.8, 4) is 5.75 Å². The standard InChI is InChI=1S/C21H29NO2.ClH/c1-20(2,3)17-11-16(12-18(19(17)24)21(4,5)6)22-15-9-7-8-14(10-15)13-23;/h7-12,22-24H,13H2,1-6H3;1H. The zero-order valence-electron chi connectivity index (χ0n) is 16.0. The summed E-state index contributed by atoms with van der Waals surface area (Å²) in [5, 5.41) is 23.5. The molecule has 0 unspecified atom stereocenters. The van der Waals surface area contributed by atoms with Crippen LogP contribution >= 0.6 is 12.4 Å². The Morgan fingerprint density at radius 1 is 0.840 bits per heavy atom. The van der Waals surface area contributed by atoms with Crippen LogP contribution in [0.1, 0.15) is 58.2 Å². The third kappa shape index (κ3) is 5.13. The molecule has 0 bridgehead atoms. The quantitative estimate of drug-likeness (QED) is 0.618. The highest BCUT2D eigenvalue weighted by molar-refractivity contribution is 5.85. The zero-order valence-corrected chi connectivity index (χ0v) is 16.8. The van der Waals surface area contributed by atoms with Gasteiger partial charge >= 0.3 is 0 Å². The summed E-state index contributed by atoms with van der Waals surface area (Å²) >= 11 is 0. The lowest BCUT2D eigenvalue weighted by Gasteiger charge is -2.28. The minimum absolute atomic E-state index is 0. The maximum atomic E-state index is 10.8. The van der Waals surface area contributed by atoms with Gasteiger partial charge in [0.2, 0.25) is 0 Å². The first-order valence-electron chi connectivity index (χ1n) is 8.37. The second-order valence-electron chi connectivity index (χ2n) is 8.40. The monoisotopic (exact) mass is 363 g/mol. The van der Waals surface area contributed by atoms with Gasteiger partial charge in [-0.15, -0.1) is 12.4 Å². The molecule has 138 valence electrons. The minimum Gasteiger partial charge on any atom is -0.507 e. The van der Waals surface area contributed by atoms with Gasteiger partial charge in [0, 0.05) is 22.5 Å². The predicted octanol–water partition coefficient (Wildman–Crippen LogP) is 5.64. The van der Waals surface area contributed by atoms with Crippen molar-refractivity contribution in [1.82, 2.24) is 0 Å². The van der Waals surface area contributed by atoms with Crippen LogP contribution in [-0.2, 0) is 17.4 Å². The van der Waals surface area contributed by atoms with E-state index in [-0.39, 0.29) is 29.8 Å². The molecule has 0 amide bonds. The molecule has 0 fully saturated rings. The van der Waals surface area contributed by atoms with Crippen molar-refractivity contribution in [2.75, 3.05) is 5.32 Å². The summed E-state index contributed by atoms with van der Waals surface area (Å²) in [5.41, 5.74) is 4.27. The number of rotatable bonds is 3. The molecule has 4 heteroatoms. The van der Waals surface area contributed by atoms with Crippen LogP contribution in [0.5, 0.6) is 5.75 Å². The van der Waals surface area contributed by atoms with Crippen LogP contribution in [0, 0.1) is 0 Å². The molecule has 0 radical (unpaired) electrons. The number of phenols is 1. The van der Waals surface area contributed by atoms with Gasteiger partial charge in [-0.05, 0) is 40.7 Å². The second kappa shape index (κ2) is 7.67. The summed E-state index contributed by atoms with van der Waals surface area (Å²) in [4.78, 5) is 0. The van der Waals surface area contributed by atoms with Gasteiger partial charge in [-0.2, -0.15) is 0 Å². The number of hydrogen-bond donors (Lipinski definition) is 3. The van der Waals surface area contributed by atoms with Gasteiger partial charge in [0.1, 0.15) is 5.75 Å². The number of nitrogens with one attached hydrogen (secondary N) is 1. The van der Waals surface area contributed by atoms with Crippen LogP contribution < -0.4 is 5.32 Å². The van der Waals surface area contributed by atoms with E-state index in [1.165, 1.54) is 0 Å². The van der Waals surface area contributed by atoms with Crippen LogP contribution in [0.2, 0.25) is 0 Å².